The normalized spacial score (nSPS) is 10.8. The summed E-state index contributed by atoms with van der Waals surface area (Å²) in [5, 5.41) is 12.2. The molecule has 1 aromatic heterocycles. The van der Waals surface area contributed by atoms with Crippen LogP contribution in [0, 0.1) is 0 Å². The Morgan fingerprint density at radius 2 is 2.00 bits per heavy atom. The molecule has 1 heterocycles. The summed E-state index contributed by atoms with van der Waals surface area (Å²) in [4.78, 5) is 11.5. The van der Waals surface area contributed by atoms with E-state index in [9.17, 15) is 4.79 Å². The second-order valence-corrected chi connectivity index (χ2v) is 6.51. The van der Waals surface area contributed by atoms with Gasteiger partial charge in [-0.05, 0) is 17.7 Å². The van der Waals surface area contributed by atoms with E-state index in [-0.39, 0.29) is 5.91 Å². The lowest BCUT2D eigenvalue weighted by molar-refractivity contribution is -0.113. The van der Waals surface area contributed by atoms with Crippen LogP contribution in [-0.4, -0.2) is 28.1 Å². The Labute approximate surface area is 127 Å². The maximum absolute atomic E-state index is 11.5. The zero-order valence-electron chi connectivity index (χ0n) is 11.7. The van der Waals surface area contributed by atoms with E-state index in [0.29, 0.717) is 16.8 Å². The van der Waals surface area contributed by atoms with Gasteiger partial charge >= 0.3 is 0 Å². The third-order valence-electron chi connectivity index (χ3n) is 2.77. The molecule has 20 heavy (non-hydrogen) atoms. The SMILES string of the molecule is CSCC(=O)Nc1nnc(-c2ccc(C(C)C)cc2)s1. The van der Waals surface area contributed by atoms with E-state index in [4.69, 9.17) is 0 Å². The van der Waals surface area contributed by atoms with Crippen molar-refractivity contribution in [2.24, 2.45) is 0 Å². The molecular weight excluding hydrogens is 290 g/mol. The van der Waals surface area contributed by atoms with Crippen LogP contribution in [0.3, 0.4) is 0 Å². The summed E-state index contributed by atoms with van der Waals surface area (Å²) in [7, 11) is 0. The van der Waals surface area contributed by atoms with Gasteiger partial charge in [-0.15, -0.1) is 10.2 Å². The van der Waals surface area contributed by atoms with Crippen LogP contribution in [0.2, 0.25) is 0 Å². The summed E-state index contributed by atoms with van der Waals surface area (Å²) < 4.78 is 0. The van der Waals surface area contributed by atoms with Crippen LogP contribution in [0.5, 0.6) is 0 Å². The molecule has 2 aromatic rings. The van der Waals surface area contributed by atoms with Crippen LogP contribution in [0.25, 0.3) is 10.6 Å². The lowest BCUT2D eigenvalue weighted by atomic mass is 10.0. The summed E-state index contributed by atoms with van der Waals surface area (Å²) in [6.45, 7) is 4.33. The van der Waals surface area contributed by atoms with Gasteiger partial charge in [0.2, 0.25) is 11.0 Å². The summed E-state index contributed by atoms with van der Waals surface area (Å²) in [6, 6.07) is 8.30. The minimum absolute atomic E-state index is 0.0460. The molecule has 0 radical (unpaired) electrons. The van der Waals surface area contributed by atoms with Crippen molar-refractivity contribution in [3.63, 3.8) is 0 Å². The van der Waals surface area contributed by atoms with E-state index in [0.717, 1.165) is 10.6 Å². The highest BCUT2D eigenvalue weighted by molar-refractivity contribution is 7.99. The number of hydrogen-bond acceptors (Lipinski definition) is 5. The molecule has 2 rings (SSSR count). The number of anilines is 1. The molecular formula is C14H17N3OS2. The Kier molecular flexibility index (Phi) is 5.14. The molecule has 4 nitrogen and oxygen atoms in total. The highest BCUT2D eigenvalue weighted by Crippen LogP contribution is 2.27. The second kappa shape index (κ2) is 6.85. The minimum Gasteiger partial charge on any atom is -0.300 e. The molecule has 106 valence electrons. The van der Waals surface area contributed by atoms with Crippen molar-refractivity contribution in [3.05, 3.63) is 29.8 Å². The van der Waals surface area contributed by atoms with Gasteiger partial charge in [0, 0.05) is 5.56 Å². The first-order chi connectivity index (χ1) is 9.60. The number of carbonyl (C=O) groups excluding carboxylic acids is 1. The van der Waals surface area contributed by atoms with Gasteiger partial charge in [-0.25, -0.2) is 0 Å². The molecule has 0 spiro atoms. The van der Waals surface area contributed by atoms with Crippen molar-refractivity contribution in [1.29, 1.82) is 0 Å². The molecule has 0 aliphatic heterocycles. The van der Waals surface area contributed by atoms with Gasteiger partial charge in [0.15, 0.2) is 0 Å². The van der Waals surface area contributed by atoms with Gasteiger partial charge < -0.3 is 0 Å². The molecule has 1 amide bonds. The van der Waals surface area contributed by atoms with Gasteiger partial charge in [-0.1, -0.05) is 49.4 Å². The van der Waals surface area contributed by atoms with Gasteiger partial charge in [0.1, 0.15) is 5.01 Å². The van der Waals surface area contributed by atoms with Crippen LogP contribution in [0.1, 0.15) is 25.3 Å². The Balaban J connectivity index is 2.10. The second-order valence-electron chi connectivity index (χ2n) is 4.67. The highest BCUT2D eigenvalue weighted by atomic mass is 32.2. The first-order valence-corrected chi connectivity index (χ1v) is 8.54. The van der Waals surface area contributed by atoms with E-state index in [2.05, 4.69) is 41.5 Å². The Morgan fingerprint density at radius 3 is 2.60 bits per heavy atom. The molecule has 0 aliphatic rings. The lowest BCUT2D eigenvalue weighted by Gasteiger charge is -2.04. The number of carbonyl (C=O) groups is 1. The molecule has 0 aliphatic carbocycles. The van der Waals surface area contributed by atoms with Crippen molar-refractivity contribution < 1.29 is 4.79 Å². The first kappa shape index (κ1) is 15.0. The number of aromatic nitrogens is 2. The number of nitrogens with one attached hydrogen (secondary N) is 1. The molecule has 0 atom stereocenters. The van der Waals surface area contributed by atoms with E-state index in [1.807, 2.05) is 18.4 Å². The molecule has 0 unspecified atom stereocenters. The predicted octanol–water partition coefficient (Wildman–Crippen LogP) is 3.63. The van der Waals surface area contributed by atoms with Gasteiger partial charge in [0.05, 0.1) is 5.75 Å². The number of thioether (sulfide) groups is 1. The fourth-order valence-corrected chi connectivity index (χ4v) is 2.79. The molecule has 1 aromatic carbocycles. The van der Waals surface area contributed by atoms with Crippen LogP contribution in [0.4, 0.5) is 5.13 Å². The molecule has 0 saturated carbocycles. The summed E-state index contributed by atoms with van der Waals surface area (Å²) in [5.74, 6) is 0.896. The Bertz CT molecular complexity index is 578. The molecule has 6 heteroatoms. The van der Waals surface area contributed by atoms with Crippen molar-refractivity contribution in [1.82, 2.24) is 10.2 Å². The lowest BCUT2D eigenvalue weighted by Crippen LogP contribution is -2.13. The maximum Gasteiger partial charge on any atom is 0.236 e. The molecule has 0 fully saturated rings. The topological polar surface area (TPSA) is 54.9 Å². The van der Waals surface area contributed by atoms with E-state index in [1.54, 1.807) is 0 Å². The molecule has 0 saturated heterocycles. The number of amides is 1. The smallest absolute Gasteiger partial charge is 0.236 e. The zero-order chi connectivity index (χ0) is 14.5. The standard InChI is InChI=1S/C14H17N3OS2/c1-9(2)10-4-6-11(7-5-10)13-16-17-14(20-13)15-12(18)8-19-3/h4-7,9H,8H2,1-3H3,(H,15,17,18). The monoisotopic (exact) mass is 307 g/mol. The fourth-order valence-electron chi connectivity index (χ4n) is 1.69. The maximum atomic E-state index is 11.5. The third kappa shape index (κ3) is 3.80. The minimum atomic E-state index is -0.0460. The van der Waals surface area contributed by atoms with Gasteiger partial charge in [0.25, 0.3) is 0 Å². The van der Waals surface area contributed by atoms with Crippen molar-refractivity contribution in [2.45, 2.75) is 19.8 Å². The average molecular weight is 307 g/mol. The van der Waals surface area contributed by atoms with E-state index >= 15 is 0 Å². The summed E-state index contributed by atoms with van der Waals surface area (Å²) in [5.41, 5.74) is 2.32. The quantitative estimate of drug-likeness (QED) is 0.916. The third-order valence-corrected chi connectivity index (χ3v) is 4.21. The highest BCUT2D eigenvalue weighted by Gasteiger charge is 2.09. The Morgan fingerprint density at radius 1 is 1.30 bits per heavy atom. The number of hydrogen-bond donors (Lipinski definition) is 1. The summed E-state index contributed by atoms with van der Waals surface area (Å²) >= 11 is 2.87. The number of rotatable bonds is 5. The number of nitrogens with zero attached hydrogens (tertiary/aromatic N) is 2. The van der Waals surface area contributed by atoms with E-state index in [1.165, 1.54) is 28.7 Å². The number of benzene rings is 1. The van der Waals surface area contributed by atoms with Crippen LogP contribution >= 0.6 is 23.1 Å². The van der Waals surface area contributed by atoms with Crippen LogP contribution in [-0.2, 0) is 4.79 Å². The van der Waals surface area contributed by atoms with Crippen molar-refractivity contribution in [2.75, 3.05) is 17.3 Å². The summed E-state index contributed by atoms with van der Waals surface area (Å²) in [6.07, 6.45) is 1.89. The zero-order valence-corrected chi connectivity index (χ0v) is 13.3. The fraction of sp³-hybridized carbons (Fsp3) is 0.357. The van der Waals surface area contributed by atoms with Crippen molar-refractivity contribution in [3.8, 4) is 10.6 Å². The Hall–Kier alpha value is -1.40. The largest absolute Gasteiger partial charge is 0.300 e. The van der Waals surface area contributed by atoms with Crippen molar-refractivity contribution >= 4 is 34.1 Å². The van der Waals surface area contributed by atoms with E-state index < -0.39 is 0 Å². The molecule has 0 bridgehead atoms. The van der Waals surface area contributed by atoms with Gasteiger partial charge in [-0.2, -0.15) is 11.8 Å². The van der Waals surface area contributed by atoms with Crippen LogP contribution in [0.15, 0.2) is 24.3 Å². The molecule has 1 N–H and O–H groups in total. The first-order valence-electron chi connectivity index (χ1n) is 6.32. The predicted molar refractivity (Wildman–Crippen MR) is 86.4 cm³/mol. The van der Waals surface area contributed by atoms with Crippen LogP contribution < -0.4 is 5.32 Å². The average Bonchev–Trinajstić information content (AvgIpc) is 2.87. The van der Waals surface area contributed by atoms with Gasteiger partial charge in [-0.3, -0.25) is 10.1 Å².